The van der Waals surface area contributed by atoms with Crippen molar-refractivity contribution in [3.8, 4) is 0 Å². The van der Waals surface area contributed by atoms with Gasteiger partial charge in [-0.3, -0.25) is 4.79 Å². The van der Waals surface area contributed by atoms with Gasteiger partial charge in [0.15, 0.2) is 0 Å². The number of amides is 2. The number of carbonyl (C=O) groups excluding carboxylic acids is 1. The number of carboxylic acids is 1. The van der Waals surface area contributed by atoms with Crippen molar-refractivity contribution < 1.29 is 19.8 Å². The quantitative estimate of drug-likeness (QED) is 0.707. The van der Waals surface area contributed by atoms with Gasteiger partial charge in [0.25, 0.3) is 0 Å². The molecule has 6 nitrogen and oxygen atoms in total. The summed E-state index contributed by atoms with van der Waals surface area (Å²) < 4.78 is 0. The summed E-state index contributed by atoms with van der Waals surface area (Å²) in [6.45, 7) is 2.62. The Kier molecular flexibility index (Phi) is 6.52. The van der Waals surface area contributed by atoms with Crippen molar-refractivity contribution in [2.75, 3.05) is 25.0 Å². The molecule has 0 aliphatic carbocycles. The fourth-order valence-electron chi connectivity index (χ4n) is 1.86. The van der Waals surface area contributed by atoms with Crippen molar-refractivity contribution in [2.24, 2.45) is 0 Å². The van der Waals surface area contributed by atoms with Crippen LogP contribution in [-0.2, 0) is 11.2 Å². The number of nitrogens with zero attached hydrogens (tertiary/aromatic N) is 1. The van der Waals surface area contributed by atoms with Gasteiger partial charge in [0.2, 0.25) is 0 Å². The summed E-state index contributed by atoms with van der Waals surface area (Å²) in [5.74, 6) is -0.951. The van der Waals surface area contributed by atoms with Crippen molar-refractivity contribution in [2.45, 2.75) is 19.8 Å². The Morgan fingerprint density at radius 2 is 1.95 bits per heavy atom. The number of para-hydroxylation sites is 1. The number of nitrogens with one attached hydrogen (secondary N) is 1. The number of urea groups is 1. The largest absolute Gasteiger partial charge is 0.481 e. The average molecular weight is 280 g/mol. The molecule has 2 amide bonds. The lowest BCUT2D eigenvalue weighted by molar-refractivity contribution is -0.136. The molecule has 0 saturated heterocycles. The van der Waals surface area contributed by atoms with Gasteiger partial charge in [0, 0.05) is 18.8 Å². The minimum atomic E-state index is -0.951. The normalized spacial score (nSPS) is 10.1. The Morgan fingerprint density at radius 1 is 1.25 bits per heavy atom. The maximum atomic E-state index is 12.1. The molecular weight excluding hydrogens is 260 g/mol. The molecule has 0 saturated carbocycles. The van der Waals surface area contributed by atoms with Crippen LogP contribution in [0.5, 0.6) is 0 Å². The summed E-state index contributed by atoms with van der Waals surface area (Å²) in [6.07, 6.45) is 0.633. The van der Waals surface area contributed by atoms with E-state index in [-0.39, 0.29) is 25.6 Å². The Morgan fingerprint density at radius 3 is 2.55 bits per heavy atom. The molecule has 6 heteroatoms. The lowest BCUT2D eigenvalue weighted by Gasteiger charge is -2.22. The van der Waals surface area contributed by atoms with Crippen LogP contribution in [-0.4, -0.2) is 46.8 Å². The molecule has 0 unspecified atom stereocenters. The second-order valence-corrected chi connectivity index (χ2v) is 4.37. The number of benzene rings is 1. The van der Waals surface area contributed by atoms with Crippen LogP contribution in [0.25, 0.3) is 0 Å². The molecule has 1 rings (SSSR count). The van der Waals surface area contributed by atoms with Crippen molar-refractivity contribution in [3.05, 3.63) is 29.8 Å². The molecule has 0 bridgehead atoms. The second-order valence-electron chi connectivity index (χ2n) is 4.37. The van der Waals surface area contributed by atoms with Crippen LogP contribution >= 0.6 is 0 Å². The summed E-state index contributed by atoms with van der Waals surface area (Å²) in [4.78, 5) is 24.4. The van der Waals surface area contributed by atoms with Crippen molar-refractivity contribution in [1.82, 2.24) is 4.90 Å². The van der Waals surface area contributed by atoms with Gasteiger partial charge in [-0.1, -0.05) is 25.1 Å². The van der Waals surface area contributed by atoms with Crippen LogP contribution < -0.4 is 5.32 Å². The zero-order chi connectivity index (χ0) is 15.0. The minimum Gasteiger partial charge on any atom is -0.481 e. The SMILES string of the molecule is CCCN(CCO)C(=O)Nc1ccccc1CC(=O)O. The lowest BCUT2D eigenvalue weighted by atomic mass is 10.1. The zero-order valence-electron chi connectivity index (χ0n) is 11.5. The molecule has 20 heavy (non-hydrogen) atoms. The number of aliphatic hydroxyl groups excluding tert-OH is 1. The van der Waals surface area contributed by atoms with Gasteiger partial charge in [-0.25, -0.2) is 4.79 Å². The van der Waals surface area contributed by atoms with Gasteiger partial charge in [-0.05, 0) is 18.1 Å². The number of carboxylic acid groups (broad SMARTS) is 1. The standard InChI is InChI=1S/C14H20N2O4/c1-2-7-16(8-9-17)14(20)15-12-6-4-3-5-11(12)10-13(18)19/h3-6,17H,2,7-10H2,1H3,(H,15,20)(H,18,19). The first kappa shape index (κ1) is 16.0. The first-order valence-electron chi connectivity index (χ1n) is 6.55. The van der Waals surface area contributed by atoms with E-state index in [1.165, 1.54) is 4.90 Å². The van der Waals surface area contributed by atoms with E-state index in [2.05, 4.69) is 5.32 Å². The van der Waals surface area contributed by atoms with Crippen molar-refractivity contribution in [3.63, 3.8) is 0 Å². The number of hydrogen-bond donors (Lipinski definition) is 3. The van der Waals surface area contributed by atoms with Crippen molar-refractivity contribution >= 4 is 17.7 Å². The van der Waals surface area contributed by atoms with Gasteiger partial charge in [0.05, 0.1) is 13.0 Å². The lowest BCUT2D eigenvalue weighted by Crippen LogP contribution is -2.37. The third-order valence-electron chi connectivity index (χ3n) is 2.75. The number of aliphatic carboxylic acids is 1. The van der Waals surface area contributed by atoms with E-state index >= 15 is 0 Å². The van der Waals surface area contributed by atoms with Crippen LogP contribution in [0.1, 0.15) is 18.9 Å². The maximum absolute atomic E-state index is 12.1. The van der Waals surface area contributed by atoms with E-state index in [1.807, 2.05) is 6.92 Å². The molecule has 0 aliphatic rings. The van der Waals surface area contributed by atoms with Gasteiger partial charge in [0.1, 0.15) is 0 Å². The average Bonchev–Trinajstić information content (AvgIpc) is 2.40. The molecule has 0 aliphatic heterocycles. The summed E-state index contributed by atoms with van der Waals surface area (Å²) in [7, 11) is 0. The molecule has 1 aromatic rings. The molecule has 0 spiro atoms. The summed E-state index contributed by atoms with van der Waals surface area (Å²) >= 11 is 0. The highest BCUT2D eigenvalue weighted by Gasteiger charge is 2.14. The topological polar surface area (TPSA) is 89.9 Å². The van der Waals surface area contributed by atoms with E-state index < -0.39 is 5.97 Å². The molecule has 3 N–H and O–H groups in total. The Balaban J connectivity index is 2.80. The second kappa shape index (κ2) is 8.16. The molecule has 0 aromatic heterocycles. The summed E-state index contributed by atoms with van der Waals surface area (Å²) in [5, 5.41) is 20.5. The maximum Gasteiger partial charge on any atom is 0.321 e. The first-order chi connectivity index (χ1) is 9.58. The van der Waals surface area contributed by atoms with Crippen LogP contribution in [0, 0.1) is 0 Å². The third kappa shape index (κ3) is 4.89. The van der Waals surface area contributed by atoms with Gasteiger partial charge in [-0.2, -0.15) is 0 Å². The zero-order valence-corrected chi connectivity index (χ0v) is 11.5. The van der Waals surface area contributed by atoms with Crippen LogP contribution in [0.2, 0.25) is 0 Å². The van der Waals surface area contributed by atoms with Crippen LogP contribution in [0.4, 0.5) is 10.5 Å². The minimum absolute atomic E-state index is 0.107. The Bertz CT molecular complexity index is 456. The van der Waals surface area contributed by atoms with E-state index in [0.29, 0.717) is 17.8 Å². The molecule has 1 aromatic carbocycles. The number of anilines is 1. The fourth-order valence-corrected chi connectivity index (χ4v) is 1.86. The van der Waals surface area contributed by atoms with E-state index in [1.54, 1.807) is 24.3 Å². The van der Waals surface area contributed by atoms with E-state index in [4.69, 9.17) is 10.2 Å². The predicted octanol–water partition coefficient (Wildman–Crippen LogP) is 1.55. The molecule has 110 valence electrons. The van der Waals surface area contributed by atoms with E-state index in [0.717, 1.165) is 6.42 Å². The number of rotatable bonds is 7. The first-order valence-corrected chi connectivity index (χ1v) is 6.55. The smallest absolute Gasteiger partial charge is 0.321 e. The molecule has 0 radical (unpaired) electrons. The van der Waals surface area contributed by atoms with Gasteiger partial charge in [-0.15, -0.1) is 0 Å². The molecule has 0 atom stereocenters. The van der Waals surface area contributed by atoms with Gasteiger partial charge < -0.3 is 20.4 Å². The molecule has 0 fully saturated rings. The Hall–Kier alpha value is -2.08. The number of hydrogen-bond acceptors (Lipinski definition) is 3. The highest BCUT2D eigenvalue weighted by molar-refractivity contribution is 5.91. The van der Waals surface area contributed by atoms with E-state index in [9.17, 15) is 9.59 Å². The monoisotopic (exact) mass is 280 g/mol. The highest BCUT2D eigenvalue weighted by Crippen LogP contribution is 2.16. The number of carbonyl (C=O) groups is 2. The fraction of sp³-hybridized carbons (Fsp3) is 0.429. The molecule has 0 heterocycles. The highest BCUT2D eigenvalue weighted by atomic mass is 16.4. The van der Waals surface area contributed by atoms with Crippen LogP contribution in [0.15, 0.2) is 24.3 Å². The Labute approximate surface area is 118 Å². The van der Waals surface area contributed by atoms with Crippen LogP contribution in [0.3, 0.4) is 0 Å². The third-order valence-corrected chi connectivity index (χ3v) is 2.75. The predicted molar refractivity (Wildman–Crippen MR) is 75.8 cm³/mol. The number of aliphatic hydroxyl groups is 1. The molecular formula is C14H20N2O4. The summed E-state index contributed by atoms with van der Waals surface area (Å²) in [6, 6.07) is 6.46. The van der Waals surface area contributed by atoms with Gasteiger partial charge >= 0.3 is 12.0 Å². The summed E-state index contributed by atoms with van der Waals surface area (Å²) in [5.41, 5.74) is 1.03. The van der Waals surface area contributed by atoms with Crippen molar-refractivity contribution in [1.29, 1.82) is 0 Å².